The van der Waals surface area contributed by atoms with Crippen molar-refractivity contribution in [2.45, 2.75) is 44.9 Å². The van der Waals surface area contributed by atoms with Gasteiger partial charge in [-0.15, -0.1) is 6.58 Å². The van der Waals surface area contributed by atoms with Crippen molar-refractivity contribution in [1.29, 1.82) is 0 Å². The lowest BCUT2D eigenvalue weighted by atomic mass is 9.78. The van der Waals surface area contributed by atoms with E-state index in [4.69, 9.17) is 9.47 Å². The van der Waals surface area contributed by atoms with E-state index in [0.29, 0.717) is 5.75 Å². The van der Waals surface area contributed by atoms with Crippen LogP contribution >= 0.6 is 0 Å². The van der Waals surface area contributed by atoms with Gasteiger partial charge in [0, 0.05) is 5.41 Å². The number of allylic oxidation sites excluding steroid dienone is 1. The molecule has 1 atom stereocenters. The van der Waals surface area contributed by atoms with Crippen LogP contribution in [0.4, 0.5) is 4.39 Å². The molecular formula is C28H31FO2. The molecule has 0 amide bonds. The molecule has 0 heterocycles. The lowest BCUT2D eigenvalue weighted by Gasteiger charge is -2.27. The molecule has 0 radical (unpaired) electrons. The van der Waals surface area contributed by atoms with E-state index in [9.17, 15) is 4.39 Å². The normalized spacial score (nSPS) is 12.7. The van der Waals surface area contributed by atoms with Gasteiger partial charge in [0.15, 0.2) is 11.6 Å². The van der Waals surface area contributed by atoms with E-state index in [1.165, 1.54) is 11.6 Å². The van der Waals surface area contributed by atoms with E-state index >= 15 is 0 Å². The standard InChI is InChI=1S/C28H31FO2/c1-4-20-30-24-16-14-23(15-17-24)28(3,5-2)19-9-10-22-13-18-26(29)27(21-22)31-25-11-7-6-8-12-25/h5-8,11-18,21H,2,4,9-10,19-20H2,1,3H3. The maximum Gasteiger partial charge on any atom is 0.165 e. The Bertz CT molecular complexity index is 966. The summed E-state index contributed by atoms with van der Waals surface area (Å²) < 4.78 is 25.6. The van der Waals surface area contributed by atoms with Crippen molar-refractivity contribution in [2.24, 2.45) is 0 Å². The van der Waals surface area contributed by atoms with Crippen molar-refractivity contribution in [1.82, 2.24) is 0 Å². The Morgan fingerprint density at radius 2 is 1.71 bits per heavy atom. The first kappa shape index (κ1) is 22.6. The first-order valence-electron chi connectivity index (χ1n) is 10.9. The number of aryl methyl sites for hydroxylation is 1. The minimum atomic E-state index is -0.353. The molecule has 1 unspecified atom stereocenters. The highest BCUT2D eigenvalue weighted by atomic mass is 19.1. The van der Waals surface area contributed by atoms with Gasteiger partial charge in [0.05, 0.1) is 6.61 Å². The van der Waals surface area contributed by atoms with E-state index < -0.39 is 0 Å². The molecule has 162 valence electrons. The van der Waals surface area contributed by atoms with E-state index in [0.717, 1.165) is 43.6 Å². The van der Waals surface area contributed by atoms with Crippen molar-refractivity contribution >= 4 is 0 Å². The maximum absolute atomic E-state index is 14.2. The zero-order chi connectivity index (χ0) is 22.1. The smallest absolute Gasteiger partial charge is 0.165 e. The highest BCUT2D eigenvalue weighted by Gasteiger charge is 2.22. The summed E-state index contributed by atoms with van der Waals surface area (Å²) in [6.07, 6.45) is 5.74. The number of halogens is 1. The Morgan fingerprint density at radius 3 is 2.39 bits per heavy atom. The molecule has 3 aromatic carbocycles. The molecule has 0 aliphatic carbocycles. The summed E-state index contributed by atoms with van der Waals surface area (Å²) in [6, 6.07) is 22.7. The van der Waals surface area contributed by atoms with Gasteiger partial charge in [-0.2, -0.15) is 0 Å². The van der Waals surface area contributed by atoms with Crippen molar-refractivity contribution in [3.05, 3.63) is 102 Å². The summed E-state index contributed by atoms with van der Waals surface area (Å²) in [4.78, 5) is 0. The third kappa shape index (κ3) is 6.21. The fraction of sp³-hybridized carbons (Fsp3) is 0.286. The lowest BCUT2D eigenvalue weighted by molar-refractivity contribution is 0.317. The molecule has 0 aliphatic rings. The quantitative estimate of drug-likeness (QED) is 0.295. The third-order valence-electron chi connectivity index (χ3n) is 5.57. The van der Waals surface area contributed by atoms with Crippen LogP contribution in [0.1, 0.15) is 44.2 Å². The summed E-state index contributed by atoms with van der Waals surface area (Å²) in [5.74, 6) is 1.44. The molecule has 3 heteroatoms. The molecular weight excluding hydrogens is 387 g/mol. The number of ether oxygens (including phenoxy) is 2. The molecule has 3 aromatic rings. The zero-order valence-electron chi connectivity index (χ0n) is 18.4. The fourth-order valence-corrected chi connectivity index (χ4v) is 3.57. The Balaban J connectivity index is 1.62. The van der Waals surface area contributed by atoms with E-state index in [2.05, 4.69) is 32.6 Å². The van der Waals surface area contributed by atoms with Crippen molar-refractivity contribution in [2.75, 3.05) is 6.61 Å². The summed E-state index contributed by atoms with van der Waals surface area (Å²) in [6.45, 7) is 9.11. The van der Waals surface area contributed by atoms with Crippen molar-refractivity contribution in [3.8, 4) is 17.2 Å². The predicted molar refractivity (Wildman–Crippen MR) is 126 cm³/mol. The molecule has 0 bridgehead atoms. The molecule has 31 heavy (non-hydrogen) atoms. The van der Waals surface area contributed by atoms with Crippen LogP contribution in [0.3, 0.4) is 0 Å². The van der Waals surface area contributed by atoms with E-state index in [-0.39, 0.29) is 17.0 Å². The van der Waals surface area contributed by atoms with Gasteiger partial charge in [-0.25, -0.2) is 4.39 Å². The molecule has 0 aliphatic heterocycles. The summed E-state index contributed by atoms with van der Waals surface area (Å²) >= 11 is 0. The number of para-hydroxylation sites is 1. The van der Waals surface area contributed by atoms with Crippen LogP contribution < -0.4 is 9.47 Å². The van der Waals surface area contributed by atoms with Crippen LogP contribution in [-0.2, 0) is 11.8 Å². The van der Waals surface area contributed by atoms with Gasteiger partial charge in [-0.1, -0.05) is 56.3 Å². The number of rotatable bonds is 11. The largest absolute Gasteiger partial charge is 0.494 e. The highest BCUT2D eigenvalue weighted by molar-refractivity contribution is 5.36. The van der Waals surface area contributed by atoms with E-state index in [1.54, 1.807) is 6.07 Å². The van der Waals surface area contributed by atoms with Crippen LogP contribution in [0.25, 0.3) is 0 Å². The molecule has 0 saturated carbocycles. The highest BCUT2D eigenvalue weighted by Crippen LogP contribution is 2.33. The van der Waals surface area contributed by atoms with Gasteiger partial charge >= 0.3 is 0 Å². The molecule has 0 fully saturated rings. The SMILES string of the molecule is C=CC(C)(CCCc1ccc(F)c(Oc2ccccc2)c1)c1ccc(OCCC)cc1. The maximum atomic E-state index is 14.2. The second-order valence-electron chi connectivity index (χ2n) is 8.03. The average molecular weight is 419 g/mol. The Kier molecular flexibility index (Phi) is 7.88. The van der Waals surface area contributed by atoms with Gasteiger partial charge in [0.2, 0.25) is 0 Å². The molecule has 2 nitrogen and oxygen atoms in total. The van der Waals surface area contributed by atoms with Gasteiger partial charge < -0.3 is 9.47 Å². The molecule has 0 spiro atoms. The molecule has 0 N–H and O–H groups in total. The Morgan fingerprint density at radius 1 is 0.968 bits per heavy atom. The minimum absolute atomic E-state index is 0.132. The third-order valence-corrected chi connectivity index (χ3v) is 5.57. The van der Waals surface area contributed by atoms with Gasteiger partial charge in [-0.05, 0) is 73.2 Å². The topological polar surface area (TPSA) is 18.5 Å². The monoisotopic (exact) mass is 418 g/mol. The van der Waals surface area contributed by atoms with E-state index in [1.807, 2.05) is 54.6 Å². The van der Waals surface area contributed by atoms with Gasteiger partial charge in [0.25, 0.3) is 0 Å². The van der Waals surface area contributed by atoms with Crippen LogP contribution in [0.15, 0.2) is 85.5 Å². The summed E-state index contributed by atoms with van der Waals surface area (Å²) in [7, 11) is 0. The average Bonchev–Trinajstić information content (AvgIpc) is 2.80. The number of hydrogen-bond donors (Lipinski definition) is 0. The minimum Gasteiger partial charge on any atom is -0.494 e. The second-order valence-corrected chi connectivity index (χ2v) is 8.03. The first-order valence-corrected chi connectivity index (χ1v) is 10.9. The zero-order valence-corrected chi connectivity index (χ0v) is 18.4. The Hall–Kier alpha value is -3.07. The fourth-order valence-electron chi connectivity index (χ4n) is 3.57. The number of benzene rings is 3. The number of hydrogen-bond acceptors (Lipinski definition) is 2. The second kappa shape index (κ2) is 10.8. The summed E-state index contributed by atoms with van der Waals surface area (Å²) in [5, 5.41) is 0. The van der Waals surface area contributed by atoms with Crippen molar-refractivity contribution in [3.63, 3.8) is 0 Å². The lowest BCUT2D eigenvalue weighted by Crippen LogP contribution is -2.18. The molecule has 0 saturated heterocycles. The summed E-state index contributed by atoms with van der Waals surface area (Å²) in [5.41, 5.74) is 2.15. The first-order chi connectivity index (χ1) is 15.0. The van der Waals surface area contributed by atoms with Gasteiger partial charge in [-0.3, -0.25) is 0 Å². The Labute approximate surface area is 185 Å². The molecule has 3 rings (SSSR count). The van der Waals surface area contributed by atoms with Crippen LogP contribution in [0.2, 0.25) is 0 Å². The van der Waals surface area contributed by atoms with Crippen LogP contribution in [0.5, 0.6) is 17.2 Å². The predicted octanol–water partition coefficient (Wildman–Crippen LogP) is 7.87. The van der Waals surface area contributed by atoms with Gasteiger partial charge in [0.1, 0.15) is 11.5 Å². The molecule has 0 aromatic heterocycles. The van der Waals surface area contributed by atoms with Crippen LogP contribution in [0, 0.1) is 5.82 Å². The van der Waals surface area contributed by atoms with Crippen molar-refractivity contribution < 1.29 is 13.9 Å². The van der Waals surface area contributed by atoms with Crippen LogP contribution in [-0.4, -0.2) is 6.61 Å².